The third kappa shape index (κ3) is 9.28. The first kappa shape index (κ1) is 37.9. The van der Waals surface area contributed by atoms with Gasteiger partial charge < -0.3 is 0 Å². The Morgan fingerprint density at radius 1 is 0.340 bits per heavy atom. The van der Waals surface area contributed by atoms with Crippen LogP contribution in [0.4, 0.5) is 0 Å². The van der Waals surface area contributed by atoms with Gasteiger partial charge in [0.15, 0.2) is 0 Å². The summed E-state index contributed by atoms with van der Waals surface area (Å²) in [6, 6.07) is 33.3. The summed E-state index contributed by atoms with van der Waals surface area (Å²) in [5, 5.41) is 14.2. The average molecular weight is 721 g/mol. The molecule has 0 aliphatic heterocycles. The van der Waals surface area contributed by atoms with E-state index in [2.05, 4.69) is 98.8 Å². The fourth-order valence-corrected chi connectivity index (χ4v) is 10.4. The SMILES string of the molecule is CCCCCCCCCCCCc1cc2sc3cc(CCCCCCCCCCCC)c4cc5ccccc5cc4c3c2c2cc3ccccc3cc12. The van der Waals surface area contributed by atoms with E-state index in [1.807, 2.05) is 11.3 Å². The van der Waals surface area contributed by atoms with Gasteiger partial charge in [-0.2, -0.15) is 0 Å². The van der Waals surface area contributed by atoms with Crippen molar-refractivity contribution in [3.8, 4) is 0 Å². The first-order valence-corrected chi connectivity index (χ1v) is 22.7. The van der Waals surface area contributed by atoms with Crippen molar-refractivity contribution in [1.29, 1.82) is 0 Å². The minimum atomic E-state index is 1.17. The highest BCUT2D eigenvalue weighted by atomic mass is 32.1. The van der Waals surface area contributed by atoms with E-state index in [-0.39, 0.29) is 0 Å². The third-order valence-electron chi connectivity index (χ3n) is 12.2. The van der Waals surface area contributed by atoms with Crippen molar-refractivity contribution in [1.82, 2.24) is 0 Å². The van der Waals surface area contributed by atoms with Gasteiger partial charge in [0, 0.05) is 20.2 Å². The zero-order valence-corrected chi connectivity index (χ0v) is 33.9. The maximum absolute atomic E-state index is 2.60. The van der Waals surface area contributed by atoms with Crippen LogP contribution in [0.3, 0.4) is 0 Å². The molecule has 1 aromatic heterocycles. The van der Waals surface area contributed by atoms with Gasteiger partial charge in [0.05, 0.1) is 0 Å². The summed E-state index contributed by atoms with van der Waals surface area (Å²) in [6.45, 7) is 4.62. The van der Waals surface area contributed by atoms with Crippen molar-refractivity contribution in [2.24, 2.45) is 0 Å². The molecule has 0 aliphatic rings. The summed E-state index contributed by atoms with van der Waals surface area (Å²) in [7, 11) is 0. The molecule has 0 fully saturated rings. The molecule has 278 valence electrons. The third-order valence-corrected chi connectivity index (χ3v) is 13.3. The predicted molar refractivity (Wildman–Crippen MR) is 240 cm³/mol. The van der Waals surface area contributed by atoms with E-state index in [0.717, 1.165) is 0 Å². The molecular weight excluding hydrogens is 657 g/mol. The van der Waals surface area contributed by atoms with Crippen LogP contribution in [0.15, 0.2) is 84.9 Å². The normalized spacial score (nSPS) is 12.1. The van der Waals surface area contributed by atoms with Gasteiger partial charge in [-0.05, 0) is 116 Å². The number of unbranched alkanes of at least 4 members (excludes halogenated alkanes) is 18. The predicted octanol–water partition coefficient (Wildman–Crippen LogP) is 17.6. The van der Waals surface area contributed by atoms with Crippen LogP contribution in [0.5, 0.6) is 0 Å². The number of hydrogen-bond donors (Lipinski definition) is 0. The molecular formula is C52H64S. The van der Waals surface area contributed by atoms with Gasteiger partial charge in [-0.15, -0.1) is 11.3 Å². The Balaban J connectivity index is 1.19. The lowest BCUT2D eigenvalue weighted by molar-refractivity contribution is 0.556. The van der Waals surface area contributed by atoms with E-state index in [1.165, 1.54) is 205 Å². The fraction of sp³-hybridized carbons (Fsp3) is 0.462. The first-order chi connectivity index (χ1) is 26.2. The molecule has 7 aromatic rings. The maximum Gasteiger partial charge on any atom is 0.0364 e. The monoisotopic (exact) mass is 720 g/mol. The van der Waals surface area contributed by atoms with Crippen molar-refractivity contribution < 1.29 is 0 Å². The molecule has 0 bridgehead atoms. The molecule has 0 N–H and O–H groups in total. The molecule has 0 saturated carbocycles. The molecule has 0 nitrogen and oxygen atoms in total. The molecule has 0 amide bonds. The number of aryl methyl sites for hydroxylation is 2. The fourth-order valence-electron chi connectivity index (χ4n) is 9.12. The van der Waals surface area contributed by atoms with Crippen molar-refractivity contribution in [3.63, 3.8) is 0 Å². The van der Waals surface area contributed by atoms with Crippen molar-refractivity contribution in [2.75, 3.05) is 0 Å². The molecule has 6 aromatic carbocycles. The Morgan fingerprint density at radius 3 is 0.981 bits per heavy atom. The van der Waals surface area contributed by atoms with Gasteiger partial charge in [0.1, 0.15) is 0 Å². The van der Waals surface area contributed by atoms with Crippen LogP contribution in [0.2, 0.25) is 0 Å². The summed E-state index contributed by atoms with van der Waals surface area (Å²) in [5.41, 5.74) is 3.09. The van der Waals surface area contributed by atoms with Crippen LogP contribution in [0.25, 0.3) is 63.3 Å². The van der Waals surface area contributed by atoms with Crippen molar-refractivity contribution in [2.45, 2.75) is 155 Å². The Kier molecular flexibility index (Phi) is 13.8. The second kappa shape index (κ2) is 19.3. The van der Waals surface area contributed by atoms with Gasteiger partial charge >= 0.3 is 0 Å². The van der Waals surface area contributed by atoms with Crippen molar-refractivity contribution in [3.05, 3.63) is 96.1 Å². The second-order valence-electron chi connectivity index (χ2n) is 16.3. The molecule has 0 atom stereocenters. The van der Waals surface area contributed by atoms with Gasteiger partial charge in [-0.1, -0.05) is 178 Å². The zero-order valence-electron chi connectivity index (χ0n) is 33.0. The van der Waals surface area contributed by atoms with Crippen LogP contribution < -0.4 is 0 Å². The number of hydrogen-bond acceptors (Lipinski definition) is 1. The summed E-state index contributed by atoms with van der Waals surface area (Å²) in [5.74, 6) is 0. The van der Waals surface area contributed by atoms with Crippen LogP contribution in [0, 0.1) is 0 Å². The van der Waals surface area contributed by atoms with E-state index in [0.29, 0.717) is 0 Å². The molecule has 1 heterocycles. The quantitative estimate of drug-likeness (QED) is 0.0483. The highest BCUT2D eigenvalue weighted by Gasteiger charge is 2.18. The van der Waals surface area contributed by atoms with Crippen LogP contribution in [-0.4, -0.2) is 0 Å². The molecule has 7 rings (SSSR count). The zero-order chi connectivity index (χ0) is 36.2. The topological polar surface area (TPSA) is 0 Å². The standard InChI is InChI=1S/C52H64S/c1-3-5-7-9-11-13-15-17-19-21-31-43-37-49-51(47-35-41-29-25-23-27-39(41)33-45(43)47)52-48-36-42-30-26-24-28-40(42)34-46(48)44(38-50(52)53-49)32-22-20-18-16-14-12-10-8-6-4-2/h23-30,33-38H,3-22,31-32H2,1-2H3. The first-order valence-electron chi connectivity index (χ1n) is 21.9. The lowest BCUT2D eigenvalue weighted by atomic mass is 9.90. The van der Waals surface area contributed by atoms with E-state index < -0.39 is 0 Å². The molecule has 0 saturated heterocycles. The second-order valence-corrected chi connectivity index (χ2v) is 17.4. The number of rotatable bonds is 22. The molecule has 0 aliphatic carbocycles. The Labute approximate surface area is 324 Å². The number of thiophene rings is 1. The lowest BCUT2D eigenvalue weighted by Gasteiger charge is -2.13. The summed E-state index contributed by atoms with van der Waals surface area (Å²) in [6.07, 6.45) is 30.0. The van der Waals surface area contributed by atoms with E-state index >= 15 is 0 Å². The molecule has 1 heteroatoms. The smallest absolute Gasteiger partial charge is 0.0364 e. The van der Waals surface area contributed by atoms with Crippen LogP contribution in [-0.2, 0) is 12.8 Å². The highest BCUT2D eigenvalue weighted by Crippen LogP contribution is 2.46. The lowest BCUT2D eigenvalue weighted by Crippen LogP contribution is -1.91. The minimum Gasteiger partial charge on any atom is -0.135 e. The van der Waals surface area contributed by atoms with E-state index in [4.69, 9.17) is 0 Å². The minimum absolute atomic E-state index is 1.17. The number of benzene rings is 6. The molecule has 53 heavy (non-hydrogen) atoms. The Bertz CT molecular complexity index is 2070. The molecule has 0 radical (unpaired) electrons. The van der Waals surface area contributed by atoms with Crippen LogP contribution >= 0.6 is 11.3 Å². The van der Waals surface area contributed by atoms with Gasteiger partial charge in [-0.3, -0.25) is 0 Å². The Morgan fingerprint density at radius 2 is 0.642 bits per heavy atom. The summed E-state index contributed by atoms with van der Waals surface area (Å²) in [4.78, 5) is 0. The number of fused-ring (bicyclic) bond motifs is 9. The van der Waals surface area contributed by atoms with Gasteiger partial charge in [0.2, 0.25) is 0 Å². The van der Waals surface area contributed by atoms with E-state index in [9.17, 15) is 0 Å². The van der Waals surface area contributed by atoms with Crippen LogP contribution in [0.1, 0.15) is 153 Å². The maximum atomic E-state index is 2.60. The summed E-state index contributed by atoms with van der Waals surface area (Å²) >= 11 is 2.05. The highest BCUT2D eigenvalue weighted by molar-refractivity contribution is 7.26. The Hall–Kier alpha value is -3.42. The van der Waals surface area contributed by atoms with E-state index in [1.54, 1.807) is 11.1 Å². The molecule has 0 unspecified atom stereocenters. The molecule has 0 spiro atoms. The largest absolute Gasteiger partial charge is 0.135 e. The van der Waals surface area contributed by atoms with Gasteiger partial charge in [0.25, 0.3) is 0 Å². The van der Waals surface area contributed by atoms with Crippen molar-refractivity contribution >= 4 is 74.6 Å². The van der Waals surface area contributed by atoms with Gasteiger partial charge in [-0.25, -0.2) is 0 Å². The average Bonchev–Trinajstić information content (AvgIpc) is 3.56. The summed E-state index contributed by atoms with van der Waals surface area (Å²) < 4.78 is 2.94.